The Kier molecular flexibility index (Phi) is 7.19. The van der Waals surface area contributed by atoms with E-state index in [-0.39, 0.29) is 6.10 Å². The highest BCUT2D eigenvalue weighted by atomic mass is 16.5. The number of ether oxygens (including phenoxy) is 1. The van der Waals surface area contributed by atoms with Crippen molar-refractivity contribution in [2.75, 3.05) is 0 Å². The van der Waals surface area contributed by atoms with Crippen LogP contribution in [0.3, 0.4) is 0 Å². The fraction of sp³-hybridized carbons (Fsp3) is 0.900. The van der Waals surface area contributed by atoms with Crippen molar-refractivity contribution in [1.29, 1.82) is 0 Å². The van der Waals surface area contributed by atoms with E-state index in [0.717, 1.165) is 54.3 Å². The summed E-state index contributed by atoms with van der Waals surface area (Å²) >= 11 is 0. The summed E-state index contributed by atoms with van der Waals surface area (Å²) in [4.78, 5) is 10.9. The molecule has 4 rings (SSSR count). The first-order chi connectivity index (χ1) is 15.2. The van der Waals surface area contributed by atoms with Crippen molar-refractivity contribution in [2.24, 2.45) is 52.3 Å². The van der Waals surface area contributed by atoms with Gasteiger partial charge in [-0.15, -0.1) is 0 Å². The summed E-state index contributed by atoms with van der Waals surface area (Å²) in [6, 6.07) is 0. The van der Waals surface area contributed by atoms with E-state index in [1.165, 1.54) is 57.8 Å². The average Bonchev–Trinajstić information content (AvgIpc) is 3.11. The van der Waals surface area contributed by atoms with E-state index in [4.69, 9.17) is 4.74 Å². The molecule has 0 N–H and O–H groups in total. The van der Waals surface area contributed by atoms with Gasteiger partial charge >= 0.3 is 0 Å². The first kappa shape index (κ1) is 24.3. The smallest absolute Gasteiger partial charge is 0.293 e. The Labute approximate surface area is 198 Å². The molecule has 0 aromatic carbocycles. The Morgan fingerprint density at radius 2 is 1.84 bits per heavy atom. The minimum atomic E-state index is 0.117. The molecule has 0 heterocycles. The van der Waals surface area contributed by atoms with Crippen LogP contribution in [0.4, 0.5) is 0 Å². The summed E-state index contributed by atoms with van der Waals surface area (Å²) < 4.78 is 5.38. The molecule has 2 heteroatoms. The molecule has 0 bridgehead atoms. The maximum Gasteiger partial charge on any atom is 0.293 e. The highest BCUT2D eigenvalue weighted by molar-refractivity contribution is 5.38. The molecule has 9 atom stereocenters. The summed E-state index contributed by atoms with van der Waals surface area (Å²) in [5, 5.41) is 0. The maximum atomic E-state index is 10.9. The summed E-state index contributed by atoms with van der Waals surface area (Å²) in [7, 11) is 0. The van der Waals surface area contributed by atoms with E-state index in [9.17, 15) is 4.79 Å². The number of fused-ring (bicyclic) bond motifs is 5. The van der Waals surface area contributed by atoms with Crippen LogP contribution in [0.15, 0.2) is 11.6 Å². The third-order valence-corrected chi connectivity index (χ3v) is 11.5. The molecule has 4 aliphatic carbocycles. The van der Waals surface area contributed by atoms with Crippen LogP contribution in [0.25, 0.3) is 0 Å². The van der Waals surface area contributed by atoms with Crippen LogP contribution in [-0.2, 0) is 9.53 Å². The molecular formula is C30H50O2. The minimum Gasteiger partial charge on any atom is -0.464 e. The standard InChI is InChI=1S/C30H50O2/c1-7-22(20(2)3)9-8-21(4)26-12-13-27-25-11-10-23-18-24(32-19-31)14-16-29(23,5)28(25)15-17-30(26,27)6/h10,19-22,24-28H,7-9,11-18H2,1-6H3/t21-,22+,24-,25-,26+,27-,28-,29-,30+/m0/s1. The number of allylic oxidation sites excluding steroid dienone is 1. The molecule has 0 radical (unpaired) electrons. The monoisotopic (exact) mass is 442 g/mol. The second kappa shape index (κ2) is 9.46. The van der Waals surface area contributed by atoms with E-state index >= 15 is 0 Å². The van der Waals surface area contributed by atoms with Gasteiger partial charge in [0.2, 0.25) is 0 Å². The number of rotatable bonds is 8. The number of carbonyl (C=O) groups excluding carboxylic acids is 1. The second-order valence-electron chi connectivity index (χ2n) is 13.1. The van der Waals surface area contributed by atoms with Gasteiger partial charge in [0.15, 0.2) is 0 Å². The lowest BCUT2D eigenvalue weighted by molar-refractivity contribution is -0.136. The van der Waals surface area contributed by atoms with Gasteiger partial charge in [-0.05, 0) is 104 Å². The summed E-state index contributed by atoms with van der Waals surface area (Å²) in [5.74, 6) is 6.16. The molecule has 32 heavy (non-hydrogen) atoms. The minimum absolute atomic E-state index is 0.117. The fourth-order valence-electron chi connectivity index (χ4n) is 9.48. The Bertz CT molecular complexity index is 695. The molecule has 4 aliphatic rings. The Hall–Kier alpha value is -0.790. The van der Waals surface area contributed by atoms with Gasteiger partial charge in [0.25, 0.3) is 6.47 Å². The van der Waals surface area contributed by atoms with Crippen LogP contribution >= 0.6 is 0 Å². The van der Waals surface area contributed by atoms with Gasteiger partial charge in [-0.2, -0.15) is 0 Å². The largest absolute Gasteiger partial charge is 0.464 e. The lowest BCUT2D eigenvalue weighted by Crippen LogP contribution is -2.51. The van der Waals surface area contributed by atoms with Crippen molar-refractivity contribution >= 4 is 6.47 Å². The highest BCUT2D eigenvalue weighted by Crippen LogP contribution is 2.67. The van der Waals surface area contributed by atoms with Gasteiger partial charge in [0, 0.05) is 6.42 Å². The zero-order valence-corrected chi connectivity index (χ0v) is 21.9. The van der Waals surface area contributed by atoms with Gasteiger partial charge in [0.05, 0.1) is 0 Å². The van der Waals surface area contributed by atoms with Crippen LogP contribution in [0, 0.1) is 52.3 Å². The average molecular weight is 443 g/mol. The first-order valence-corrected chi connectivity index (χ1v) is 14.0. The first-order valence-electron chi connectivity index (χ1n) is 14.0. The highest BCUT2D eigenvalue weighted by Gasteiger charge is 2.59. The topological polar surface area (TPSA) is 26.3 Å². The zero-order chi connectivity index (χ0) is 23.1. The predicted octanol–water partition coefficient (Wildman–Crippen LogP) is 8.21. The molecule has 0 aromatic rings. The van der Waals surface area contributed by atoms with Crippen LogP contribution in [0.2, 0.25) is 0 Å². The zero-order valence-electron chi connectivity index (χ0n) is 21.9. The van der Waals surface area contributed by atoms with Gasteiger partial charge in [-0.3, -0.25) is 4.79 Å². The maximum absolute atomic E-state index is 10.9. The number of hydrogen-bond acceptors (Lipinski definition) is 2. The van der Waals surface area contributed by atoms with Gasteiger partial charge in [-0.1, -0.05) is 66.0 Å². The van der Waals surface area contributed by atoms with Crippen molar-refractivity contribution in [1.82, 2.24) is 0 Å². The number of hydrogen-bond donors (Lipinski definition) is 0. The second-order valence-corrected chi connectivity index (χ2v) is 13.1. The molecule has 0 saturated heterocycles. The molecule has 0 aromatic heterocycles. The summed E-state index contributed by atoms with van der Waals surface area (Å²) in [6.45, 7) is 15.7. The van der Waals surface area contributed by atoms with Crippen molar-refractivity contribution < 1.29 is 9.53 Å². The lowest BCUT2D eigenvalue weighted by Gasteiger charge is -2.58. The molecule has 0 amide bonds. The molecule has 0 aliphatic heterocycles. The normalized spacial score (nSPS) is 43.0. The Balaban J connectivity index is 1.46. The SMILES string of the molecule is CC[C@H](CC[C@H](C)[C@H]1CC[C@H]2[C@@H]3CC=C4C[C@@H](OC=O)CC[C@]4(C)[C@H]3CC[C@]12C)C(C)C. The van der Waals surface area contributed by atoms with E-state index < -0.39 is 0 Å². The van der Waals surface area contributed by atoms with Crippen LogP contribution in [0.1, 0.15) is 112 Å². The summed E-state index contributed by atoms with van der Waals surface area (Å²) in [5.41, 5.74) is 2.52. The van der Waals surface area contributed by atoms with Crippen LogP contribution in [-0.4, -0.2) is 12.6 Å². The number of carbonyl (C=O) groups is 1. The van der Waals surface area contributed by atoms with E-state index in [0.29, 0.717) is 17.3 Å². The Morgan fingerprint density at radius 1 is 1.06 bits per heavy atom. The molecule has 2 nitrogen and oxygen atoms in total. The van der Waals surface area contributed by atoms with Crippen molar-refractivity contribution in [3.63, 3.8) is 0 Å². The molecule has 0 unspecified atom stereocenters. The van der Waals surface area contributed by atoms with Crippen molar-refractivity contribution in [3.05, 3.63) is 11.6 Å². The fourth-order valence-corrected chi connectivity index (χ4v) is 9.48. The molecular weight excluding hydrogens is 392 g/mol. The quantitative estimate of drug-likeness (QED) is 0.280. The molecule has 182 valence electrons. The molecule has 3 saturated carbocycles. The molecule has 0 spiro atoms. The lowest BCUT2D eigenvalue weighted by atomic mass is 9.47. The van der Waals surface area contributed by atoms with Gasteiger partial charge in [-0.25, -0.2) is 0 Å². The van der Waals surface area contributed by atoms with Crippen molar-refractivity contribution in [2.45, 2.75) is 118 Å². The van der Waals surface area contributed by atoms with Crippen LogP contribution in [0.5, 0.6) is 0 Å². The van der Waals surface area contributed by atoms with E-state index in [2.05, 4.69) is 47.6 Å². The van der Waals surface area contributed by atoms with E-state index in [1.807, 2.05) is 0 Å². The Morgan fingerprint density at radius 3 is 2.53 bits per heavy atom. The van der Waals surface area contributed by atoms with Crippen molar-refractivity contribution in [3.8, 4) is 0 Å². The summed E-state index contributed by atoms with van der Waals surface area (Å²) in [6.07, 6.45) is 17.2. The predicted molar refractivity (Wildman–Crippen MR) is 133 cm³/mol. The van der Waals surface area contributed by atoms with E-state index in [1.54, 1.807) is 5.57 Å². The van der Waals surface area contributed by atoms with Gasteiger partial charge in [0.1, 0.15) is 6.10 Å². The van der Waals surface area contributed by atoms with Crippen LogP contribution < -0.4 is 0 Å². The third kappa shape index (κ3) is 4.11. The van der Waals surface area contributed by atoms with Gasteiger partial charge < -0.3 is 4.74 Å². The third-order valence-electron chi connectivity index (χ3n) is 11.5. The molecule has 3 fully saturated rings.